The van der Waals surface area contributed by atoms with E-state index in [0.29, 0.717) is 30.0 Å². The van der Waals surface area contributed by atoms with Crippen LogP contribution in [0, 0.1) is 11.8 Å². The number of nitrogens with zero attached hydrogens (tertiary/aromatic N) is 2. The lowest BCUT2D eigenvalue weighted by molar-refractivity contribution is -0.130. The first-order chi connectivity index (χ1) is 17.4. The number of ether oxygens (including phenoxy) is 1. The zero-order chi connectivity index (χ0) is 25.7. The zero-order valence-electron chi connectivity index (χ0n) is 21.0. The van der Waals surface area contributed by atoms with E-state index in [2.05, 4.69) is 0 Å². The highest BCUT2D eigenvalue weighted by Crippen LogP contribution is 2.41. The molecule has 186 valence electrons. The number of hydrogen-bond acceptors (Lipinski definition) is 5. The van der Waals surface area contributed by atoms with E-state index in [0.717, 1.165) is 5.56 Å². The van der Waals surface area contributed by atoms with Gasteiger partial charge in [-0.1, -0.05) is 72.8 Å². The molecule has 2 unspecified atom stereocenters. The minimum atomic E-state index is -0.498. The van der Waals surface area contributed by atoms with Gasteiger partial charge in [-0.3, -0.25) is 19.3 Å². The molecule has 1 fully saturated rings. The van der Waals surface area contributed by atoms with Gasteiger partial charge in [0, 0.05) is 56.1 Å². The number of ketones is 2. The normalized spacial score (nSPS) is 19.9. The second-order valence-electron chi connectivity index (χ2n) is 9.45. The number of hydrogen-bond donors (Lipinski definition) is 0. The highest BCUT2D eigenvalue weighted by atomic mass is 16.5. The molecule has 1 amide bonds. The Morgan fingerprint density at radius 1 is 0.778 bits per heavy atom. The lowest BCUT2D eigenvalue weighted by atomic mass is 9.68. The summed E-state index contributed by atoms with van der Waals surface area (Å²) in [7, 11) is 5.04. The van der Waals surface area contributed by atoms with Crippen LogP contribution in [0.15, 0.2) is 84.9 Å². The largest absolute Gasteiger partial charge is 0.497 e. The molecule has 3 aromatic rings. The number of carbonyl (C=O) groups excluding carboxylic acids is 3. The van der Waals surface area contributed by atoms with Crippen LogP contribution in [0.4, 0.5) is 0 Å². The van der Waals surface area contributed by atoms with E-state index in [1.165, 1.54) is 4.90 Å². The number of carbonyl (C=O) groups is 3. The first kappa shape index (κ1) is 25.3. The van der Waals surface area contributed by atoms with Crippen LogP contribution in [0.1, 0.15) is 32.2 Å². The van der Waals surface area contributed by atoms with Gasteiger partial charge in [0.25, 0.3) is 0 Å². The fourth-order valence-corrected chi connectivity index (χ4v) is 5.02. The number of piperidine rings is 1. The summed E-state index contributed by atoms with van der Waals surface area (Å²) in [5.41, 5.74) is 2.12. The van der Waals surface area contributed by atoms with Gasteiger partial charge in [-0.05, 0) is 17.7 Å². The Balaban J connectivity index is 1.80. The molecular weight excluding hydrogens is 452 g/mol. The predicted octanol–water partition coefficient (Wildman–Crippen LogP) is 4.18. The van der Waals surface area contributed by atoms with E-state index in [4.69, 9.17) is 4.74 Å². The van der Waals surface area contributed by atoms with Crippen molar-refractivity contribution in [1.29, 1.82) is 0 Å². The van der Waals surface area contributed by atoms with E-state index in [-0.39, 0.29) is 29.9 Å². The lowest BCUT2D eigenvalue weighted by Gasteiger charge is -2.43. The molecule has 0 N–H and O–H groups in total. The van der Waals surface area contributed by atoms with Crippen molar-refractivity contribution < 1.29 is 19.1 Å². The summed E-state index contributed by atoms with van der Waals surface area (Å²) in [5, 5.41) is 0. The number of rotatable bonds is 8. The molecule has 0 saturated carbocycles. The zero-order valence-corrected chi connectivity index (χ0v) is 21.0. The molecular formula is C30H32N2O4. The summed E-state index contributed by atoms with van der Waals surface area (Å²) in [6.45, 7) is 0.935. The fraction of sp³-hybridized carbons (Fsp3) is 0.300. The quantitative estimate of drug-likeness (QED) is 0.449. The standard InChI is InChI=1S/C30H32N2O4/c1-31(2)27(33)20-32-18-25(29(34)22-10-6-4-7-11-22)28(21-14-16-24(36-3)17-15-21)26(19-32)30(35)23-12-8-5-9-13-23/h4-17,25-26,28H,18-20H2,1-3H3. The number of likely N-dealkylation sites (N-methyl/N-ethyl adjacent to an activating group) is 1. The Kier molecular flexibility index (Phi) is 7.96. The number of benzene rings is 3. The van der Waals surface area contributed by atoms with Gasteiger partial charge < -0.3 is 9.64 Å². The number of likely N-dealkylation sites (tertiary alicyclic amines) is 1. The minimum absolute atomic E-state index is 0.0238. The number of Topliss-reactive ketones (excluding diaryl/α,β-unsaturated/α-hetero) is 2. The molecule has 0 aromatic heterocycles. The van der Waals surface area contributed by atoms with Gasteiger partial charge >= 0.3 is 0 Å². The van der Waals surface area contributed by atoms with Gasteiger partial charge in [-0.25, -0.2) is 0 Å². The summed E-state index contributed by atoms with van der Waals surface area (Å²) in [6.07, 6.45) is 0. The van der Waals surface area contributed by atoms with Gasteiger partial charge in [0.1, 0.15) is 5.75 Å². The maximum absolute atomic E-state index is 13.9. The number of amides is 1. The Morgan fingerprint density at radius 3 is 1.67 bits per heavy atom. The van der Waals surface area contributed by atoms with Crippen LogP contribution in [0.2, 0.25) is 0 Å². The third kappa shape index (κ3) is 5.55. The van der Waals surface area contributed by atoms with E-state index in [1.807, 2.05) is 89.8 Å². The molecule has 1 heterocycles. The average molecular weight is 485 g/mol. The van der Waals surface area contributed by atoms with Crippen LogP contribution in [0.5, 0.6) is 5.75 Å². The van der Waals surface area contributed by atoms with E-state index in [9.17, 15) is 14.4 Å². The molecule has 0 spiro atoms. The summed E-state index contributed by atoms with van der Waals surface area (Å²) in [4.78, 5) is 44.0. The summed E-state index contributed by atoms with van der Waals surface area (Å²) in [6, 6.07) is 26.0. The first-order valence-corrected chi connectivity index (χ1v) is 12.1. The molecule has 1 saturated heterocycles. The van der Waals surface area contributed by atoms with Crippen molar-refractivity contribution in [2.75, 3.05) is 40.8 Å². The van der Waals surface area contributed by atoms with E-state index in [1.54, 1.807) is 21.2 Å². The molecule has 3 aromatic carbocycles. The van der Waals surface area contributed by atoms with Crippen molar-refractivity contribution >= 4 is 17.5 Å². The van der Waals surface area contributed by atoms with Crippen LogP contribution in [0.3, 0.4) is 0 Å². The smallest absolute Gasteiger partial charge is 0.236 e. The van der Waals surface area contributed by atoms with Crippen molar-refractivity contribution in [2.45, 2.75) is 5.92 Å². The molecule has 0 bridgehead atoms. The molecule has 2 atom stereocenters. The molecule has 36 heavy (non-hydrogen) atoms. The maximum Gasteiger partial charge on any atom is 0.236 e. The van der Waals surface area contributed by atoms with Crippen molar-refractivity contribution in [2.24, 2.45) is 11.8 Å². The third-order valence-electron chi connectivity index (χ3n) is 6.93. The first-order valence-electron chi connectivity index (χ1n) is 12.1. The molecule has 6 heteroatoms. The SMILES string of the molecule is COc1ccc(C2C(C(=O)c3ccccc3)CN(CC(=O)N(C)C)CC2C(=O)c2ccccc2)cc1. The van der Waals surface area contributed by atoms with Gasteiger partial charge in [0.2, 0.25) is 5.91 Å². The van der Waals surface area contributed by atoms with Crippen LogP contribution in [0.25, 0.3) is 0 Å². The average Bonchev–Trinajstić information content (AvgIpc) is 2.92. The highest BCUT2D eigenvalue weighted by Gasteiger charge is 2.45. The maximum atomic E-state index is 13.9. The second kappa shape index (κ2) is 11.3. The second-order valence-corrected chi connectivity index (χ2v) is 9.45. The topological polar surface area (TPSA) is 66.9 Å². The Hall–Kier alpha value is -3.77. The minimum Gasteiger partial charge on any atom is -0.497 e. The fourth-order valence-electron chi connectivity index (χ4n) is 5.02. The molecule has 0 radical (unpaired) electrons. The van der Waals surface area contributed by atoms with Crippen LogP contribution < -0.4 is 4.74 Å². The van der Waals surface area contributed by atoms with Crippen molar-refractivity contribution in [1.82, 2.24) is 9.80 Å². The number of methoxy groups -OCH3 is 1. The monoisotopic (exact) mass is 484 g/mol. The van der Waals surface area contributed by atoms with Gasteiger partial charge in [-0.15, -0.1) is 0 Å². The van der Waals surface area contributed by atoms with Crippen LogP contribution >= 0.6 is 0 Å². The summed E-state index contributed by atoms with van der Waals surface area (Å²) < 4.78 is 5.34. The van der Waals surface area contributed by atoms with Crippen molar-refractivity contribution in [3.05, 3.63) is 102 Å². The predicted molar refractivity (Wildman–Crippen MR) is 139 cm³/mol. The lowest BCUT2D eigenvalue weighted by Crippen LogP contribution is -2.52. The third-order valence-corrected chi connectivity index (χ3v) is 6.93. The molecule has 1 aliphatic heterocycles. The summed E-state index contributed by atoms with van der Waals surface area (Å²) >= 11 is 0. The molecule has 0 aliphatic carbocycles. The Morgan fingerprint density at radius 2 is 1.25 bits per heavy atom. The van der Waals surface area contributed by atoms with Crippen LogP contribution in [-0.2, 0) is 4.79 Å². The molecule has 4 rings (SSSR count). The molecule has 1 aliphatic rings. The molecule has 6 nitrogen and oxygen atoms in total. The van der Waals surface area contributed by atoms with Crippen molar-refractivity contribution in [3.63, 3.8) is 0 Å². The Bertz CT molecular complexity index is 1130. The van der Waals surface area contributed by atoms with Gasteiger partial charge in [-0.2, -0.15) is 0 Å². The van der Waals surface area contributed by atoms with Gasteiger partial charge in [0.15, 0.2) is 11.6 Å². The van der Waals surface area contributed by atoms with E-state index < -0.39 is 11.8 Å². The highest BCUT2D eigenvalue weighted by molar-refractivity contribution is 6.02. The van der Waals surface area contributed by atoms with Crippen LogP contribution in [-0.4, -0.2) is 68.1 Å². The Labute approximate surface area is 212 Å². The van der Waals surface area contributed by atoms with Gasteiger partial charge in [0.05, 0.1) is 13.7 Å². The van der Waals surface area contributed by atoms with Crippen molar-refractivity contribution in [3.8, 4) is 5.75 Å². The van der Waals surface area contributed by atoms with E-state index >= 15 is 0 Å². The summed E-state index contributed by atoms with van der Waals surface area (Å²) in [5.74, 6) is -0.737.